The summed E-state index contributed by atoms with van der Waals surface area (Å²) in [6, 6.07) is 8.41. The van der Waals surface area contributed by atoms with Crippen molar-refractivity contribution in [1.29, 1.82) is 0 Å². The van der Waals surface area contributed by atoms with Crippen LogP contribution >= 0.6 is 11.3 Å². The molecule has 0 saturated carbocycles. The number of ether oxygens (including phenoxy) is 2. The van der Waals surface area contributed by atoms with Crippen LogP contribution in [0.4, 0.5) is 0 Å². The number of carbonyl (C=O) groups excluding carboxylic acids is 2. The number of hydrogen-bond acceptors (Lipinski definition) is 5. The lowest BCUT2D eigenvalue weighted by atomic mass is 10.1. The van der Waals surface area contributed by atoms with Gasteiger partial charge in [0.1, 0.15) is 11.9 Å². The van der Waals surface area contributed by atoms with E-state index in [0.717, 1.165) is 6.42 Å². The molecule has 3 rings (SSSR count). The summed E-state index contributed by atoms with van der Waals surface area (Å²) >= 11 is 1.59. The molecular weight excluding hydrogens is 352 g/mol. The van der Waals surface area contributed by atoms with E-state index in [-0.39, 0.29) is 18.1 Å². The smallest absolute Gasteiger partial charge is 0.252 e. The molecule has 0 spiro atoms. The number of primary amides is 1. The van der Waals surface area contributed by atoms with Crippen LogP contribution in [0.5, 0.6) is 5.75 Å². The van der Waals surface area contributed by atoms with Gasteiger partial charge in [-0.3, -0.25) is 9.59 Å². The molecular formula is C19H22N2O4S. The van der Waals surface area contributed by atoms with Crippen molar-refractivity contribution >= 4 is 23.2 Å². The Morgan fingerprint density at radius 1 is 1.31 bits per heavy atom. The van der Waals surface area contributed by atoms with E-state index in [0.29, 0.717) is 36.5 Å². The van der Waals surface area contributed by atoms with E-state index in [1.54, 1.807) is 35.6 Å². The lowest BCUT2D eigenvalue weighted by Crippen LogP contribution is -2.51. The second-order valence-electron chi connectivity index (χ2n) is 6.14. The van der Waals surface area contributed by atoms with Gasteiger partial charge in [-0.2, -0.15) is 0 Å². The van der Waals surface area contributed by atoms with Crippen molar-refractivity contribution < 1.29 is 19.1 Å². The highest BCUT2D eigenvalue weighted by molar-refractivity contribution is 7.10. The fourth-order valence-electron chi connectivity index (χ4n) is 2.80. The molecule has 0 aliphatic carbocycles. The first-order valence-corrected chi connectivity index (χ1v) is 9.47. The fourth-order valence-corrected chi connectivity index (χ4v) is 3.62. The molecule has 6 nitrogen and oxygen atoms in total. The Labute approximate surface area is 156 Å². The second kappa shape index (κ2) is 8.33. The number of aryl methyl sites for hydroxylation is 1. The Morgan fingerprint density at radius 3 is 2.73 bits per heavy atom. The Balaban J connectivity index is 1.65. The molecule has 1 fully saturated rings. The summed E-state index contributed by atoms with van der Waals surface area (Å²) in [6.07, 6.45) is 1.31. The minimum atomic E-state index is -0.482. The Bertz CT molecular complexity index is 772. The maximum Gasteiger partial charge on any atom is 0.252 e. The maximum atomic E-state index is 12.5. The summed E-state index contributed by atoms with van der Waals surface area (Å²) in [7, 11) is 0. The van der Waals surface area contributed by atoms with Gasteiger partial charge in [-0.25, -0.2) is 0 Å². The van der Waals surface area contributed by atoms with Gasteiger partial charge in [-0.15, -0.1) is 11.3 Å². The number of benzene rings is 1. The average molecular weight is 374 g/mol. The minimum Gasteiger partial charge on any atom is -0.486 e. The molecule has 0 unspecified atom stereocenters. The third-order valence-electron chi connectivity index (χ3n) is 4.31. The van der Waals surface area contributed by atoms with E-state index in [2.05, 4.69) is 12.2 Å². The summed E-state index contributed by atoms with van der Waals surface area (Å²) in [4.78, 5) is 24.8. The number of amides is 2. The van der Waals surface area contributed by atoms with Crippen molar-refractivity contribution in [1.82, 2.24) is 5.32 Å². The highest BCUT2D eigenvalue weighted by atomic mass is 32.1. The maximum absolute atomic E-state index is 12.5. The summed E-state index contributed by atoms with van der Waals surface area (Å²) in [5.74, 6) is 0.0315. The molecule has 1 saturated heterocycles. The monoisotopic (exact) mass is 374 g/mol. The predicted molar refractivity (Wildman–Crippen MR) is 99.8 cm³/mol. The number of carbonyl (C=O) groups is 2. The molecule has 0 bridgehead atoms. The summed E-state index contributed by atoms with van der Waals surface area (Å²) in [6.45, 7) is 3.04. The zero-order valence-corrected chi connectivity index (χ0v) is 15.4. The molecule has 2 atom stereocenters. The van der Waals surface area contributed by atoms with Gasteiger partial charge in [0.25, 0.3) is 5.91 Å². The number of nitrogens with one attached hydrogen (secondary N) is 1. The van der Waals surface area contributed by atoms with E-state index in [9.17, 15) is 9.59 Å². The molecule has 2 aromatic rings. The van der Waals surface area contributed by atoms with Crippen LogP contribution in [-0.4, -0.2) is 37.2 Å². The van der Waals surface area contributed by atoms with Crippen molar-refractivity contribution in [3.63, 3.8) is 0 Å². The third kappa shape index (κ3) is 4.42. The lowest BCUT2D eigenvalue weighted by Gasteiger charge is -2.32. The van der Waals surface area contributed by atoms with Crippen LogP contribution in [0.25, 0.3) is 0 Å². The van der Waals surface area contributed by atoms with Crippen LogP contribution in [0.1, 0.15) is 38.9 Å². The molecule has 0 radical (unpaired) electrons. The quantitative estimate of drug-likeness (QED) is 0.812. The van der Waals surface area contributed by atoms with Crippen LogP contribution in [-0.2, 0) is 11.2 Å². The van der Waals surface area contributed by atoms with Crippen LogP contribution in [0, 0.1) is 0 Å². The molecule has 7 heteroatoms. The topological polar surface area (TPSA) is 90.7 Å². The lowest BCUT2D eigenvalue weighted by molar-refractivity contribution is -0.0135. The number of nitrogens with two attached hydrogens (primary N) is 1. The largest absolute Gasteiger partial charge is 0.486 e. The summed E-state index contributed by atoms with van der Waals surface area (Å²) in [5.41, 5.74) is 6.35. The van der Waals surface area contributed by atoms with Crippen LogP contribution in [0.2, 0.25) is 0 Å². The Morgan fingerprint density at radius 2 is 2.08 bits per heavy atom. The van der Waals surface area contributed by atoms with Crippen molar-refractivity contribution in [3.05, 3.63) is 51.7 Å². The van der Waals surface area contributed by atoms with Gasteiger partial charge in [0, 0.05) is 22.4 Å². The zero-order chi connectivity index (χ0) is 18.5. The van der Waals surface area contributed by atoms with Crippen LogP contribution in [0.3, 0.4) is 0 Å². The van der Waals surface area contributed by atoms with Crippen molar-refractivity contribution in [2.24, 2.45) is 5.73 Å². The van der Waals surface area contributed by atoms with E-state index < -0.39 is 5.91 Å². The van der Waals surface area contributed by atoms with Gasteiger partial charge in [-0.1, -0.05) is 6.92 Å². The standard InChI is InChI=1S/C19H22N2O4S/c1-2-15-9-13(11-26-15)19(23)21-16-7-8-24-10-17(16)25-14-5-3-12(4-6-14)18(20)22/h3-6,9,11,16-17H,2,7-8,10H2,1H3,(H2,20,22)(H,21,23)/t16-,17-/m1/s1. The normalized spacial score (nSPS) is 19.7. The molecule has 2 amide bonds. The Kier molecular flexibility index (Phi) is 5.90. The first-order chi connectivity index (χ1) is 12.6. The van der Waals surface area contributed by atoms with E-state index >= 15 is 0 Å². The van der Waals surface area contributed by atoms with Crippen LogP contribution in [0.15, 0.2) is 35.7 Å². The van der Waals surface area contributed by atoms with E-state index in [1.165, 1.54) is 4.88 Å². The molecule has 1 aromatic carbocycles. The van der Waals surface area contributed by atoms with Gasteiger partial charge in [0.05, 0.1) is 18.2 Å². The predicted octanol–water partition coefficient (Wildman–Crippen LogP) is 2.38. The molecule has 26 heavy (non-hydrogen) atoms. The molecule has 3 N–H and O–H groups in total. The molecule has 2 heterocycles. The Hall–Kier alpha value is -2.38. The number of hydrogen-bond donors (Lipinski definition) is 2. The minimum absolute atomic E-state index is 0.0921. The van der Waals surface area contributed by atoms with Crippen molar-refractivity contribution in [2.75, 3.05) is 13.2 Å². The number of rotatable bonds is 6. The summed E-state index contributed by atoms with van der Waals surface area (Å²) < 4.78 is 11.5. The molecule has 1 aliphatic rings. The fraction of sp³-hybridized carbons (Fsp3) is 0.368. The van der Waals surface area contributed by atoms with Crippen LogP contribution < -0.4 is 15.8 Å². The van der Waals surface area contributed by atoms with Gasteiger partial charge in [0.15, 0.2) is 0 Å². The van der Waals surface area contributed by atoms with E-state index in [4.69, 9.17) is 15.2 Å². The number of thiophene rings is 1. The highest BCUT2D eigenvalue weighted by Crippen LogP contribution is 2.20. The SMILES string of the molecule is CCc1cc(C(=O)N[C@@H]2CCOC[C@H]2Oc2ccc(C(N)=O)cc2)cs1. The molecule has 138 valence electrons. The van der Waals surface area contributed by atoms with Gasteiger partial charge < -0.3 is 20.5 Å². The molecule has 1 aromatic heterocycles. The van der Waals surface area contributed by atoms with Gasteiger partial charge in [0.2, 0.25) is 5.91 Å². The van der Waals surface area contributed by atoms with Gasteiger partial charge >= 0.3 is 0 Å². The van der Waals surface area contributed by atoms with E-state index in [1.807, 2.05) is 11.4 Å². The molecule has 1 aliphatic heterocycles. The first-order valence-electron chi connectivity index (χ1n) is 8.59. The second-order valence-corrected chi connectivity index (χ2v) is 7.14. The average Bonchev–Trinajstić information content (AvgIpc) is 3.13. The zero-order valence-electron chi connectivity index (χ0n) is 14.6. The first kappa shape index (κ1) is 18.4. The van der Waals surface area contributed by atoms with Gasteiger partial charge in [-0.05, 0) is 43.2 Å². The third-order valence-corrected chi connectivity index (χ3v) is 5.39. The van der Waals surface area contributed by atoms with Crippen molar-refractivity contribution in [2.45, 2.75) is 31.9 Å². The highest BCUT2D eigenvalue weighted by Gasteiger charge is 2.29. The van der Waals surface area contributed by atoms with Crippen molar-refractivity contribution in [3.8, 4) is 5.75 Å². The summed E-state index contributed by atoms with van der Waals surface area (Å²) in [5, 5.41) is 4.94.